The van der Waals surface area contributed by atoms with E-state index >= 15 is 0 Å². The normalized spacial score (nSPS) is 15.1. The molecule has 3 atom stereocenters. The van der Waals surface area contributed by atoms with Crippen LogP contribution in [0.2, 0.25) is 0 Å². The maximum absolute atomic E-state index is 14.4. The molecular weight excluding hydrogens is 588 g/mol. The van der Waals surface area contributed by atoms with Gasteiger partial charge in [-0.2, -0.15) is 0 Å². The Kier molecular flexibility index (Phi) is 12.0. The zero-order valence-corrected chi connectivity index (χ0v) is 27.9. The van der Waals surface area contributed by atoms with Crippen molar-refractivity contribution in [2.45, 2.75) is 116 Å². The van der Waals surface area contributed by atoms with Gasteiger partial charge in [-0.3, -0.25) is 14.4 Å². The van der Waals surface area contributed by atoms with Gasteiger partial charge in [0.05, 0.1) is 0 Å². The number of alkyl carbamates (subject to hydrolysis) is 1. The van der Waals surface area contributed by atoms with Gasteiger partial charge in [0.2, 0.25) is 17.7 Å². The van der Waals surface area contributed by atoms with Crippen molar-refractivity contribution in [3.05, 3.63) is 71.3 Å². The molecule has 0 radical (unpaired) electrons. The Balaban J connectivity index is 2.03. The number of primary amides is 1. The lowest BCUT2D eigenvalue weighted by Gasteiger charge is -2.35. The fourth-order valence-electron chi connectivity index (χ4n) is 4.90. The van der Waals surface area contributed by atoms with E-state index < -0.39 is 59.1 Å². The highest BCUT2D eigenvalue weighted by molar-refractivity contribution is 5.94. The summed E-state index contributed by atoms with van der Waals surface area (Å²) in [5, 5.41) is 5.48. The van der Waals surface area contributed by atoms with Gasteiger partial charge in [-0.15, -0.1) is 0 Å². The number of nitrogens with zero attached hydrogens (tertiary/aromatic N) is 1. The van der Waals surface area contributed by atoms with Crippen molar-refractivity contribution in [2.24, 2.45) is 5.73 Å². The average Bonchev–Trinajstić information content (AvgIpc) is 3.77. The second-order valence-electron chi connectivity index (χ2n) is 13.8. The van der Waals surface area contributed by atoms with E-state index in [0.717, 1.165) is 11.1 Å². The third-order valence-electron chi connectivity index (χ3n) is 7.07. The molecule has 11 heteroatoms. The molecule has 11 nitrogen and oxygen atoms in total. The molecule has 0 saturated heterocycles. The molecule has 1 aliphatic carbocycles. The molecule has 2 aromatic rings. The minimum atomic E-state index is -1.20. The number of amides is 4. The third-order valence-corrected chi connectivity index (χ3v) is 7.07. The first-order chi connectivity index (χ1) is 21.4. The minimum absolute atomic E-state index is 0.0899. The molecule has 4 amide bonds. The van der Waals surface area contributed by atoms with Crippen LogP contribution in [0.4, 0.5) is 4.79 Å². The lowest BCUT2D eigenvalue weighted by Crippen LogP contribution is -2.55. The molecule has 1 saturated carbocycles. The maximum atomic E-state index is 14.4. The molecule has 46 heavy (non-hydrogen) atoms. The predicted octanol–water partition coefficient (Wildman–Crippen LogP) is 4.26. The Hall–Kier alpha value is -4.41. The van der Waals surface area contributed by atoms with Gasteiger partial charge >= 0.3 is 12.1 Å². The van der Waals surface area contributed by atoms with E-state index in [9.17, 15) is 24.0 Å². The SMILES string of the molecule is Cc1ccc(C(C(=O)NC(Cc2ccccc2)C(=O)OC(C)(C)C)N(C(=O)C(CCC(N)=O)NC(=O)OC(C)(C)C)C2CC2)cc1. The van der Waals surface area contributed by atoms with Crippen LogP contribution in [0.1, 0.15) is 90.0 Å². The first-order valence-corrected chi connectivity index (χ1v) is 15.7. The monoisotopic (exact) mass is 636 g/mol. The summed E-state index contributed by atoms with van der Waals surface area (Å²) in [4.78, 5) is 68.1. The van der Waals surface area contributed by atoms with E-state index in [-0.39, 0.29) is 25.3 Å². The Morgan fingerprint density at radius 3 is 1.96 bits per heavy atom. The molecule has 4 N–H and O–H groups in total. The molecule has 1 fully saturated rings. The molecule has 0 aliphatic heterocycles. The molecule has 2 aromatic carbocycles. The number of carbonyl (C=O) groups is 5. The quantitative estimate of drug-likeness (QED) is 0.277. The zero-order chi connectivity index (χ0) is 34.2. The van der Waals surface area contributed by atoms with E-state index in [1.807, 2.05) is 49.4 Å². The van der Waals surface area contributed by atoms with Gasteiger partial charge in [-0.25, -0.2) is 9.59 Å². The van der Waals surface area contributed by atoms with Crippen molar-refractivity contribution in [1.82, 2.24) is 15.5 Å². The molecule has 3 rings (SSSR count). The number of rotatable bonds is 13. The minimum Gasteiger partial charge on any atom is -0.458 e. The van der Waals surface area contributed by atoms with E-state index in [4.69, 9.17) is 15.2 Å². The van der Waals surface area contributed by atoms with E-state index in [0.29, 0.717) is 18.4 Å². The third kappa shape index (κ3) is 11.5. The zero-order valence-electron chi connectivity index (χ0n) is 27.9. The van der Waals surface area contributed by atoms with Crippen molar-refractivity contribution in [3.63, 3.8) is 0 Å². The smallest absolute Gasteiger partial charge is 0.408 e. The van der Waals surface area contributed by atoms with Gasteiger partial charge in [0, 0.05) is 18.9 Å². The standard InChI is InChI=1S/C35H48N4O7/c1-22-13-15-24(16-14-22)29(30(41)37-27(32(43)45-34(2,3)4)21-23-11-9-8-10-12-23)39(25-17-18-25)31(42)26(19-20-28(36)40)38-33(44)46-35(5,6)7/h8-16,25-27,29H,17-21H2,1-7H3,(H2,36,40)(H,37,41)(H,38,44). The summed E-state index contributed by atoms with van der Waals surface area (Å²) in [6.45, 7) is 12.2. The van der Waals surface area contributed by atoms with E-state index in [1.165, 1.54) is 4.90 Å². The number of aryl methyl sites for hydroxylation is 1. The Bertz CT molecular complexity index is 1380. The first kappa shape index (κ1) is 36.1. The second-order valence-corrected chi connectivity index (χ2v) is 13.8. The number of ether oxygens (including phenoxy) is 2. The van der Waals surface area contributed by atoms with Crippen molar-refractivity contribution in [1.29, 1.82) is 0 Å². The number of esters is 1. The first-order valence-electron chi connectivity index (χ1n) is 15.7. The highest BCUT2D eigenvalue weighted by atomic mass is 16.6. The van der Waals surface area contributed by atoms with Crippen LogP contribution in [0.15, 0.2) is 54.6 Å². The number of benzene rings is 2. The van der Waals surface area contributed by atoms with Crippen molar-refractivity contribution in [3.8, 4) is 0 Å². The van der Waals surface area contributed by atoms with E-state index in [1.54, 1.807) is 53.7 Å². The lowest BCUT2D eigenvalue weighted by atomic mass is 9.99. The highest BCUT2D eigenvalue weighted by Crippen LogP contribution is 2.36. The summed E-state index contributed by atoms with van der Waals surface area (Å²) < 4.78 is 11.1. The summed E-state index contributed by atoms with van der Waals surface area (Å²) in [7, 11) is 0. The molecule has 250 valence electrons. The van der Waals surface area contributed by atoms with Crippen LogP contribution in [0.25, 0.3) is 0 Å². The van der Waals surface area contributed by atoms with Crippen LogP contribution in [0, 0.1) is 6.92 Å². The largest absolute Gasteiger partial charge is 0.458 e. The van der Waals surface area contributed by atoms with Gasteiger partial charge < -0.3 is 30.7 Å². The lowest BCUT2D eigenvalue weighted by molar-refractivity contribution is -0.159. The van der Waals surface area contributed by atoms with Crippen molar-refractivity contribution >= 4 is 29.8 Å². The molecular formula is C35H48N4O7. The second kappa shape index (κ2) is 15.2. The topological polar surface area (TPSA) is 157 Å². The van der Waals surface area contributed by atoms with Crippen LogP contribution >= 0.6 is 0 Å². The van der Waals surface area contributed by atoms with Gasteiger partial charge in [-0.05, 0) is 78.9 Å². The number of hydrogen-bond donors (Lipinski definition) is 3. The fraction of sp³-hybridized carbons (Fsp3) is 0.514. The predicted molar refractivity (Wildman–Crippen MR) is 173 cm³/mol. The van der Waals surface area contributed by atoms with Crippen LogP contribution in [0.5, 0.6) is 0 Å². The summed E-state index contributed by atoms with van der Waals surface area (Å²) in [6.07, 6.45) is 0.333. The number of nitrogens with one attached hydrogen (secondary N) is 2. The number of hydrogen-bond acceptors (Lipinski definition) is 7. The highest BCUT2D eigenvalue weighted by Gasteiger charge is 2.45. The van der Waals surface area contributed by atoms with Gasteiger partial charge in [0.25, 0.3) is 0 Å². The van der Waals surface area contributed by atoms with Crippen LogP contribution in [-0.4, -0.2) is 64.0 Å². The molecule has 1 aliphatic rings. The van der Waals surface area contributed by atoms with Crippen molar-refractivity contribution < 1.29 is 33.4 Å². The summed E-state index contributed by atoms with van der Waals surface area (Å²) in [6, 6.07) is 12.7. The number of nitrogens with two attached hydrogens (primary N) is 1. The van der Waals surface area contributed by atoms with Gasteiger partial charge in [0.1, 0.15) is 29.3 Å². The summed E-state index contributed by atoms with van der Waals surface area (Å²) in [5.41, 5.74) is 6.06. The average molecular weight is 637 g/mol. The Morgan fingerprint density at radius 1 is 0.848 bits per heavy atom. The Labute approximate surface area is 271 Å². The van der Waals surface area contributed by atoms with Gasteiger partial charge in [-0.1, -0.05) is 60.2 Å². The molecule has 0 bridgehead atoms. The maximum Gasteiger partial charge on any atom is 0.408 e. The van der Waals surface area contributed by atoms with Crippen LogP contribution in [0.3, 0.4) is 0 Å². The van der Waals surface area contributed by atoms with E-state index in [2.05, 4.69) is 10.6 Å². The Morgan fingerprint density at radius 2 is 1.43 bits per heavy atom. The van der Waals surface area contributed by atoms with Crippen LogP contribution in [-0.2, 0) is 35.1 Å². The fourth-order valence-corrected chi connectivity index (χ4v) is 4.90. The van der Waals surface area contributed by atoms with Gasteiger partial charge in [0.15, 0.2) is 0 Å². The molecule has 0 heterocycles. The number of carbonyl (C=O) groups excluding carboxylic acids is 5. The summed E-state index contributed by atoms with van der Waals surface area (Å²) in [5.74, 6) is -2.40. The summed E-state index contributed by atoms with van der Waals surface area (Å²) >= 11 is 0. The van der Waals surface area contributed by atoms with Crippen LogP contribution < -0.4 is 16.4 Å². The molecule has 0 spiro atoms. The molecule has 0 aromatic heterocycles. The van der Waals surface area contributed by atoms with Crippen molar-refractivity contribution in [2.75, 3.05) is 0 Å². The molecule has 3 unspecified atom stereocenters.